The van der Waals surface area contributed by atoms with Gasteiger partial charge >= 0.3 is 29.6 Å². The molecule has 4 nitrogen and oxygen atoms in total. The van der Waals surface area contributed by atoms with Crippen molar-refractivity contribution in [2.45, 2.75) is 34.1 Å². The first kappa shape index (κ1) is 22.7. The Labute approximate surface area is 163 Å². The average molecular weight is 346 g/mol. The van der Waals surface area contributed by atoms with Crippen molar-refractivity contribution in [2.75, 3.05) is 25.9 Å². The van der Waals surface area contributed by atoms with Crippen molar-refractivity contribution in [2.24, 2.45) is 0 Å². The maximum Gasteiger partial charge on any atom is 1.00 e. The van der Waals surface area contributed by atoms with E-state index in [1.54, 1.807) is 12.1 Å². The van der Waals surface area contributed by atoms with Crippen LogP contribution in [0.15, 0.2) is 35.4 Å². The van der Waals surface area contributed by atoms with Gasteiger partial charge in [-0.3, -0.25) is 4.90 Å². The Kier molecular flexibility index (Phi) is 10.4. The van der Waals surface area contributed by atoms with Crippen molar-refractivity contribution >= 4 is 15.7 Å². The number of allylic oxidation sites excluding steroid dienone is 1. The van der Waals surface area contributed by atoms with Crippen molar-refractivity contribution < 1.29 is 38.0 Å². The Morgan fingerprint density at radius 1 is 1.04 bits per heavy atom. The normalized spacial score (nSPS) is 12.6. The molecule has 0 saturated carbocycles. The van der Waals surface area contributed by atoms with Gasteiger partial charge < -0.3 is 4.72 Å². The fraction of sp³-hybridized carbons (Fsp3) is 0.529. The number of benzene rings is 1. The van der Waals surface area contributed by atoms with E-state index in [1.165, 1.54) is 16.7 Å². The summed E-state index contributed by atoms with van der Waals surface area (Å²) < 4.78 is 25.9. The maximum absolute atomic E-state index is 11.1. The molecule has 0 aliphatic rings. The van der Waals surface area contributed by atoms with Crippen molar-refractivity contribution in [3.63, 3.8) is 0 Å². The summed E-state index contributed by atoms with van der Waals surface area (Å²) in [6.07, 6.45) is 1.98. The van der Waals surface area contributed by atoms with Crippen molar-refractivity contribution in [3.05, 3.63) is 45.7 Å². The van der Waals surface area contributed by atoms with Gasteiger partial charge in [-0.25, -0.2) is 8.42 Å². The standard InChI is InChI=1S/C17H27N2O2S.Na/c1-6-19(7-2)13-15(4)14(3)12-16-8-10-17(11-9-16)18-22(5,20)21;/h8-11H,6-7,12-13H2,1-5H3;/q-1;+1/b15-14-;. The molecule has 1 rings (SSSR count). The SMILES string of the molecule is CCN(CC)C/C(C)=C(/C)Cc1ccc([N-]S(C)(=O)=O)cc1.[Na+]. The predicted molar refractivity (Wildman–Crippen MR) is 94.2 cm³/mol. The van der Waals surface area contributed by atoms with Crippen LogP contribution < -0.4 is 29.6 Å². The van der Waals surface area contributed by atoms with E-state index < -0.39 is 10.0 Å². The number of hydrogen-bond acceptors (Lipinski definition) is 3. The number of likely N-dealkylation sites (N-methyl/N-ethyl adjacent to an activating group) is 1. The minimum atomic E-state index is -3.34. The summed E-state index contributed by atoms with van der Waals surface area (Å²) in [5.74, 6) is 0. The Morgan fingerprint density at radius 2 is 1.57 bits per heavy atom. The Balaban J connectivity index is 0.00000484. The van der Waals surface area contributed by atoms with Gasteiger partial charge in [0.1, 0.15) is 0 Å². The molecule has 124 valence electrons. The van der Waals surface area contributed by atoms with Crippen LogP contribution in [0.1, 0.15) is 33.3 Å². The van der Waals surface area contributed by atoms with E-state index in [1.807, 2.05) is 12.1 Å². The zero-order chi connectivity index (χ0) is 16.8. The third kappa shape index (κ3) is 8.91. The topological polar surface area (TPSA) is 51.5 Å². The van der Waals surface area contributed by atoms with Crippen molar-refractivity contribution in [1.82, 2.24) is 4.90 Å². The smallest absolute Gasteiger partial charge is 0.577 e. The third-order valence-corrected chi connectivity index (χ3v) is 4.30. The fourth-order valence-electron chi connectivity index (χ4n) is 2.24. The molecule has 0 N–H and O–H groups in total. The van der Waals surface area contributed by atoms with Crippen LogP contribution in [0, 0.1) is 0 Å². The molecule has 0 atom stereocenters. The third-order valence-electron chi connectivity index (χ3n) is 3.76. The summed E-state index contributed by atoms with van der Waals surface area (Å²) in [5, 5.41) is 0. The van der Waals surface area contributed by atoms with Gasteiger partial charge in [-0.05, 0) is 38.9 Å². The van der Waals surface area contributed by atoms with E-state index >= 15 is 0 Å². The number of sulfonamides is 1. The molecule has 0 bridgehead atoms. The molecular formula is C17H27N2NaO2S. The van der Waals surface area contributed by atoms with Crippen LogP contribution in [0.2, 0.25) is 0 Å². The zero-order valence-electron chi connectivity index (χ0n) is 15.3. The molecule has 0 spiro atoms. The Hall–Kier alpha value is -0.330. The second kappa shape index (κ2) is 10.5. The minimum Gasteiger partial charge on any atom is -0.577 e. The molecule has 0 unspecified atom stereocenters. The first-order chi connectivity index (χ1) is 10.2. The molecule has 23 heavy (non-hydrogen) atoms. The molecule has 0 aromatic heterocycles. The molecule has 0 radical (unpaired) electrons. The minimum absolute atomic E-state index is 0. The quantitative estimate of drug-likeness (QED) is 0.519. The first-order valence-electron chi connectivity index (χ1n) is 7.64. The average Bonchev–Trinajstić information content (AvgIpc) is 2.45. The summed E-state index contributed by atoms with van der Waals surface area (Å²) >= 11 is 0. The Bertz CT molecular complexity index is 606. The molecule has 0 amide bonds. The van der Waals surface area contributed by atoms with Crippen molar-refractivity contribution in [1.29, 1.82) is 0 Å². The van der Waals surface area contributed by atoms with E-state index in [2.05, 4.69) is 37.3 Å². The summed E-state index contributed by atoms with van der Waals surface area (Å²) in [6.45, 7) is 11.8. The Morgan fingerprint density at radius 3 is 2.00 bits per heavy atom. The molecule has 0 aliphatic heterocycles. The number of nitrogens with zero attached hydrogens (tertiary/aromatic N) is 2. The van der Waals surface area contributed by atoms with Gasteiger partial charge in [-0.15, -0.1) is 5.69 Å². The van der Waals surface area contributed by atoms with Gasteiger partial charge in [0, 0.05) is 12.8 Å². The van der Waals surface area contributed by atoms with Gasteiger partial charge in [-0.2, -0.15) is 0 Å². The number of rotatable bonds is 8. The second-order valence-electron chi connectivity index (χ2n) is 5.69. The molecule has 0 fully saturated rings. The van der Waals surface area contributed by atoms with Crippen LogP contribution >= 0.6 is 0 Å². The summed E-state index contributed by atoms with van der Waals surface area (Å²) in [6, 6.07) is 7.39. The van der Waals surface area contributed by atoms with Gasteiger partial charge in [0.2, 0.25) is 0 Å². The van der Waals surface area contributed by atoms with Crippen LogP contribution in [0.25, 0.3) is 4.72 Å². The van der Waals surface area contributed by atoms with E-state index in [0.717, 1.165) is 32.3 Å². The second-order valence-corrected chi connectivity index (χ2v) is 7.34. The van der Waals surface area contributed by atoms with Crippen LogP contribution in [0.5, 0.6) is 0 Å². The number of hydrogen-bond donors (Lipinski definition) is 0. The van der Waals surface area contributed by atoms with Crippen molar-refractivity contribution in [3.8, 4) is 0 Å². The van der Waals surface area contributed by atoms with Crippen LogP contribution in [0.4, 0.5) is 5.69 Å². The first-order valence-corrected chi connectivity index (χ1v) is 9.49. The van der Waals surface area contributed by atoms with Crippen LogP contribution in [0.3, 0.4) is 0 Å². The molecule has 0 heterocycles. The zero-order valence-corrected chi connectivity index (χ0v) is 18.1. The van der Waals surface area contributed by atoms with Gasteiger partial charge in [-0.1, -0.05) is 49.3 Å². The molecule has 6 heteroatoms. The van der Waals surface area contributed by atoms with E-state index in [0.29, 0.717) is 5.69 Å². The van der Waals surface area contributed by atoms with E-state index in [9.17, 15) is 8.42 Å². The van der Waals surface area contributed by atoms with Crippen LogP contribution in [-0.2, 0) is 16.4 Å². The fourth-order valence-corrected chi connectivity index (χ4v) is 2.75. The molecule has 1 aromatic rings. The summed E-state index contributed by atoms with van der Waals surface area (Å²) in [5.41, 5.74) is 4.41. The largest absolute Gasteiger partial charge is 1.00 e. The van der Waals surface area contributed by atoms with E-state index in [-0.39, 0.29) is 29.6 Å². The molecule has 1 aromatic carbocycles. The van der Waals surface area contributed by atoms with Gasteiger partial charge in [0.05, 0.1) is 10.0 Å². The molecule has 0 aliphatic carbocycles. The van der Waals surface area contributed by atoms with Gasteiger partial charge in [0.15, 0.2) is 0 Å². The predicted octanol–water partition coefficient (Wildman–Crippen LogP) is 0.876. The van der Waals surface area contributed by atoms with E-state index in [4.69, 9.17) is 0 Å². The summed E-state index contributed by atoms with van der Waals surface area (Å²) in [7, 11) is -3.34. The summed E-state index contributed by atoms with van der Waals surface area (Å²) in [4.78, 5) is 2.40. The molecule has 0 saturated heterocycles. The van der Waals surface area contributed by atoms with Gasteiger partial charge in [0.25, 0.3) is 0 Å². The molecular weight excluding hydrogens is 319 g/mol. The van der Waals surface area contributed by atoms with Crippen LogP contribution in [-0.4, -0.2) is 39.2 Å². The maximum atomic E-state index is 11.1. The monoisotopic (exact) mass is 346 g/mol.